The molecule has 6 heteroatoms. The van der Waals surface area contributed by atoms with E-state index in [1.165, 1.54) is 31.4 Å². The van der Waals surface area contributed by atoms with E-state index < -0.39 is 21.5 Å². The van der Waals surface area contributed by atoms with Gasteiger partial charge in [0, 0.05) is 0 Å². The van der Waals surface area contributed by atoms with E-state index >= 15 is 0 Å². The van der Waals surface area contributed by atoms with Gasteiger partial charge in [-0.25, -0.2) is 8.42 Å². The molecule has 0 heterocycles. The van der Waals surface area contributed by atoms with Gasteiger partial charge in [0.2, 0.25) is 5.91 Å². The van der Waals surface area contributed by atoms with Crippen molar-refractivity contribution in [3.8, 4) is 5.75 Å². The zero-order valence-corrected chi connectivity index (χ0v) is 8.95. The first-order valence-electron chi connectivity index (χ1n) is 4.11. The first-order chi connectivity index (χ1) is 6.95. The molecule has 0 saturated heterocycles. The average Bonchev–Trinajstić information content (AvgIpc) is 2.16. The van der Waals surface area contributed by atoms with E-state index in [-0.39, 0.29) is 4.90 Å². The van der Waals surface area contributed by atoms with E-state index in [0.717, 1.165) is 0 Å². The van der Waals surface area contributed by atoms with Crippen LogP contribution in [0.15, 0.2) is 29.2 Å². The first-order valence-corrected chi connectivity index (χ1v) is 5.76. The number of benzene rings is 1. The molecule has 0 aliphatic carbocycles. The van der Waals surface area contributed by atoms with Crippen LogP contribution in [0.5, 0.6) is 5.75 Å². The molecule has 2 N–H and O–H groups in total. The van der Waals surface area contributed by atoms with Crippen LogP contribution in [0, 0.1) is 0 Å². The molecule has 0 aliphatic heterocycles. The first kappa shape index (κ1) is 11.5. The van der Waals surface area contributed by atoms with Gasteiger partial charge in [0.25, 0.3) is 0 Å². The second kappa shape index (κ2) is 4.31. The zero-order valence-electron chi connectivity index (χ0n) is 8.14. The van der Waals surface area contributed by atoms with Crippen LogP contribution in [-0.4, -0.2) is 27.2 Å². The van der Waals surface area contributed by atoms with Crippen molar-refractivity contribution < 1.29 is 17.9 Å². The summed E-state index contributed by atoms with van der Waals surface area (Å²) in [4.78, 5) is 10.6. The number of ether oxygens (including phenoxy) is 1. The lowest BCUT2D eigenvalue weighted by Crippen LogP contribution is -2.23. The molecule has 15 heavy (non-hydrogen) atoms. The Morgan fingerprint density at radius 2 is 1.87 bits per heavy atom. The van der Waals surface area contributed by atoms with Gasteiger partial charge in [-0.3, -0.25) is 4.79 Å². The van der Waals surface area contributed by atoms with Crippen LogP contribution < -0.4 is 10.5 Å². The predicted molar refractivity (Wildman–Crippen MR) is 54.2 cm³/mol. The molecule has 0 spiro atoms. The highest BCUT2D eigenvalue weighted by atomic mass is 32.2. The fourth-order valence-electron chi connectivity index (χ4n) is 1.05. The Kier molecular flexibility index (Phi) is 3.31. The van der Waals surface area contributed by atoms with Gasteiger partial charge in [0.15, 0.2) is 9.84 Å². The van der Waals surface area contributed by atoms with Crippen LogP contribution in [0.1, 0.15) is 0 Å². The molecule has 5 nitrogen and oxygen atoms in total. The minimum Gasteiger partial charge on any atom is -0.497 e. The highest BCUT2D eigenvalue weighted by Gasteiger charge is 2.17. The molecule has 1 aromatic carbocycles. The number of hydrogen-bond donors (Lipinski definition) is 1. The lowest BCUT2D eigenvalue weighted by molar-refractivity contribution is -0.115. The van der Waals surface area contributed by atoms with Crippen LogP contribution in [0.4, 0.5) is 0 Å². The number of carbonyl (C=O) groups excluding carboxylic acids is 1. The van der Waals surface area contributed by atoms with Gasteiger partial charge in [0.1, 0.15) is 11.5 Å². The summed E-state index contributed by atoms with van der Waals surface area (Å²) in [5.41, 5.74) is 4.83. The molecular formula is C9H11NO4S. The summed E-state index contributed by atoms with van der Waals surface area (Å²) in [5.74, 6) is -1.00. The molecule has 0 aromatic heterocycles. The molecule has 0 aliphatic rings. The molecule has 0 radical (unpaired) electrons. The normalized spacial score (nSPS) is 11.0. The molecule has 0 saturated carbocycles. The number of amides is 1. The summed E-state index contributed by atoms with van der Waals surface area (Å²) in [5, 5.41) is 0. The summed E-state index contributed by atoms with van der Waals surface area (Å²) in [6, 6.07) is 5.76. The minimum atomic E-state index is -3.61. The Hall–Kier alpha value is -1.56. The van der Waals surface area contributed by atoms with Gasteiger partial charge >= 0.3 is 0 Å². The highest BCUT2D eigenvalue weighted by Crippen LogP contribution is 2.16. The largest absolute Gasteiger partial charge is 0.497 e. The van der Waals surface area contributed by atoms with Crippen molar-refractivity contribution in [2.24, 2.45) is 5.73 Å². The van der Waals surface area contributed by atoms with Crippen molar-refractivity contribution in [2.75, 3.05) is 12.9 Å². The number of primary amides is 1. The number of methoxy groups -OCH3 is 1. The summed E-state index contributed by atoms with van der Waals surface area (Å²) in [6.07, 6.45) is 0. The Labute approximate surface area is 87.8 Å². The highest BCUT2D eigenvalue weighted by molar-refractivity contribution is 7.92. The smallest absolute Gasteiger partial charge is 0.233 e. The van der Waals surface area contributed by atoms with Gasteiger partial charge in [-0.15, -0.1) is 0 Å². The minimum absolute atomic E-state index is 0.0575. The number of sulfone groups is 1. The standard InChI is InChI=1S/C9H11NO4S/c1-14-7-2-4-8(5-3-7)15(12,13)6-9(10)11/h2-5H,6H2,1H3,(H2,10,11). The Balaban J connectivity index is 3.01. The van der Waals surface area contributed by atoms with Crippen LogP contribution >= 0.6 is 0 Å². The molecular weight excluding hydrogens is 218 g/mol. The van der Waals surface area contributed by atoms with Crippen molar-refractivity contribution in [3.63, 3.8) is 0 Å². The molecule has 0 bridgehead atoms. The summed E-state index contributed by atoms with van der Waals surface area (Å²) in [6.45, 7) is 0. The number of carbonyl (C=O) groups is 1. The van der Waals surface area contributed by atoms with E-state index in [2.05, 4.69) is 0 Å². The van der Waals surface area contributed by atoms with E-state index in [0.29, 0.717) is 5.75 Å². The maximum atomic E-state index is 11.5. The van der Waals surface area contributed by atoms with Crippen molar-refractivity contribution in [1.29, 1.82) is 0 Å². The average molecular weight is 229 g/mol. The second-order valence-electron chi connectivity index (χ2n) is 2.90. The maximum absolute atomic E-state index is 11.5. The zero-order chi connectivity index (χ0) is 11.5. The summed E-state index contributed by atoms with van der Waals surface area (Å²) >= 11 is 0. The van der Waals surface area contributed by atoms with Gasteiger partial charge in [0.05, 0.1) is 12.0 Å². The Bertz CT molecular complexity index is 450. The third-order valence-corrected chi connectivity index (χ3v) is 3.41. The number of nitrogens with two attached hydrogens (primary N) is 1. The lowest BCUT2D eigenvalue weighted by Gasteiger charge is -2.03. The summed E-state index contributed by atoms with van der Waals surface area (Å²) < 4.78 is 27.9. The molecule has 0 atom stereocenters. The second-order valence-corrected chi connectivity index (χ2v) is 4.89. The van der Waals surface area contributed by atoms with Crippen molar-refractivity contribution in [3.05, 3.63) is 24.3 Å². The fourth-order valence-corrected chi connectivity index (χ4v) is 2.15. The molecule has 0 unspecified atom stereocenters. The van der Waals surface area contributed by atoms with Crippen molar-refractivity contribution in [1.82, 2.24) is 0 Å². The van der Waals surface area contributed by atoms with Crippen LogP contribution in [0.2, 0.25) is 0 Å². The fraction of sp³-hybridized carbons (Fsp3) is 0.222. The molecule has 82 valence electrons. The van der Waals surface area contributed by atoms with Gasteiger partial charge in [-0.2, -0.15) is 0 Å². The quantitative estimate of drug-likeness (QED) is 0.784. The number of rotatable bonds is 4. The molecule has 0 fully saturated rings. The Morgan fingerprint density at radius 3 is 2.27 bits per heavy atom. The van der Waals surface area contributed by atoms with Gasteiger partial charge < -0.3 is 10.5 Å². The monoisotopic (exact) mass is 229 g/mol. The third kappa shape index (κ3) is 2.95. The molecule has 1 amide bonds. The van der Waals surface area contributed by atoms with Crippen molar-refractivity contribution in [2.45, 2.75) is 4.90 Å². The third-order valence-electron chi connectivity index (χ3n) is 1.75. The van der Waals surface area contributed by atoms with E-state index in [4.69, 9.17) is 10.5 Å². The number of hydrogen-bond acceptors (Lipinski definition) is 4. The predicted octanol–water partition coefficient (Wildman–Crippen LogP) is -0.0458. The van der Waals surface area contributed by atoms with E-state index in [1.54, 1.807) is 0 Å². The van der Waals surface area contributed by atoms with Crippen LogP contribution in [-0.2, 0) is 14.6 Å². The molecule has 1 rings (SSSR count). The van der Waals surface area contributed by atoms with Crippen LogP contribution in [0.25, 0.3) is 0 Å². The SMILES string of the molecule is COc1ccc(S(=O)(=O)CC(N)=O)cc1. The van der Waals surface area contributed by atoms with Gasteiger partial charge in [-0.1, -0.05) is 0 Å². The lowest BCUT2D eigenvalue weighted by atomic mass is 10.3. The van der Waals surface area contributed by atoms with Crippen molar-refractivity contribution >= 4 is 15.7 Å². The summed E-state index contributed by atoms with van der Waals surface area (Å²) in [7, 11) is -2.14. The molecule has 1 aromatic rings. The van der Waals surface area contributed by atoms with E-state index in [9.17, 15) is 13.2 Å². The van der Waals surface area contributed by atoms with E-state index in [1.807, 2.05) is 0 Å². The van der Waals surface area contributed by atoms with Gasteiger partial charge in [-0.05, 0) is 24.3 Å². The van der Waals surface area contributed by atoms with Crippen LogP contribution in [0.3, 0.4) is 0 Å². The Morgan fingerprint density at radius 1 is 1.33 bits per heavy atom. The topological polar surface area (TPSA) is 86.5 Å². The maximum Gasteiger partial charge on any atom is 0.233 e.